The fourth-order valence-corrected chi connectivity index (χ4v) is 3.44. The number of aromatic hydroxyl groups is 1. The van der Waals surface area contributed by atoms with Gasteiger partial charge in [0.2, 0.25) is 0 Å². The molecule has 1 unspecified atom stereocenters. The molecule has 1 aromatic carbocycles. The predicted octanol–water partition coefficient (Wildman–Crippen LogP) is 5.28. The van der Waals surface area contributed by atoms with Crippen molar-refractivity contribution in [1.29, 1.82) is 0 Å². The lowest BCUT2D eigenvalue weighted by Gasteiger charge is -2.22. The number of benzene rings is 1. The Morgan fingerprint density at radius 1 is 0.929 bits per heavy atom. The number of ether oxygens (including phenoxy) is 2. The monoisotopic (exact) mass is 384 g/mol. The Hall–Kier alpha value is -1.98. The van der Waals surface area contributed by atoms with E-state index in [2.05, 4.69) is 9.97 Å². The summed E-state index contributed by atoms with van der Waals surface area (Å²) in [5.74, 6) is 0.954. The van der Waals surface area contributed by atoms with Gasteiger partial charge in [-0.25, -0.2) is 9.97 Å². The van der Waals surface area contributed by atoms with E-state index in [-0.39, 0.29) is 12.0 Å². The molecule has 1 fully saturated rings. The highest BCUT2D eigenvalue weighted by Gasteiger charge is 2.13. The summed E-state index contributed by atoms with van der Waals surface area (Å²) < 4.78 is 11.3. The highest BCUT2D eigenvalue weighted by atomic mass is 16.7. The van der Waals surface area contributed by atoms with Gasteiger partial charge in [0.05, 0.1) is 0 Å². The third-order valence-electron chi connectivity index (χ3n) is 5.13. The van der Waals surface area contributed by atoms with Gasteiger partial charge in [-0.2, -0.15) is 0 Å². The molecule has 2 heterocycles. The molecular weight excluding hydrogens is 352 g/mol. The summed E-state index contributed by atoms with van der Waals surface area (Å²) in [4.78, 5) is 8.90. The minimum atomic E-state index is 0.0522. The number of aromatic nitrogens is 2. The molecule has 1 aliphatic rings. The van der Waals surface area contributed by atoms with E-state index < -0.39 is 0 Å². The van der Waals surface area contributed by atoms with E-state index in [0.29, 0.717) is 5.82 Å². The van der Waals surface area contributed by atoms with Gasteiger partial charge in [-0.15, -0.1) is 0 Å². The van der Waals surface area contributed by atoms with Crippen LogP contribution >= 0.6 is 0 Å². The van der Waals surface area contributed by atoms with E-state index in [1.165, 1.54) is 50.5 Å². The van der Waals surface area contributed by atoms with Crippen LogP contribution in [0.3, 0.4) is 0 Å². The van der Waals surface area contributed by atoms with Gasteiger partial charge in [0, 0.05) is 31.2 Å². The molecule has 0 saturated carbocycles. The second-order valence-corrected chi connectivity index (χ2v) is 7.50. The molecule has 3 rings (SSSR count). The first-order valence-electron chi connectivity index (χ1n) is 10.6. The Balaban J connectivity index is 1.22. The fourth-order valence-electron chi connectivity index (χ4n) is 3.44. The molecule has 1 saturated heterocycles. The van der Waals surface area contributed by atoms with Gasteiger partial charge in [-0.05, 0) is 68.4 Å². The van der Waals surface area contributed by atoms with E-state index in [1.807, 2.05) is 24.5 Å². The minimum Gasteiger partial charge on any atom is -0.508 e. The summed E-state index contributed by atoms with van der Waals surface area (Å²) in [5.41, 5.74) is 2.10. The molecule has 1 atom stereocenters. The summed E-state index contributed by atoms with van der Waals surface area (Å²) in [6.45, 7) is 1.69. The third-order valence-corrected chi connectivity index (χ3v) is 5.13. The van der Waals surface area contributed by atoms with Crippen molar-refractivity contribution in [3.05, 3.63) is 42.2 Å². The van der Waals surface area contributed by atoms with Crippen molar-refractivity contribution in [3.63, 3.8) is 0 Å². The number of hydrogen-bond donors (Lipinski definition) is 1. The van der Waals surface area contributed by atoms with E-state index in [4.69, 9.17) is 9.47 Å². The zero-order valence-corrected chi connectivity index (χ0v) is 16.7. The normalized spacial score (nSPS) is 16.9. The van der Waals surface area contributed by atoms with E-state index >= 15 is 0 Å². The maximum absolute atomic E-state index is 9.35. The molecule has 0 bridgehead atoms. The van der Waals surface area contributed by atoms with Gasteiger partial charge in [-0.1, -0.05) is 25.7 Å². The number of phenols is 1. The van der Waals surface area contributed by atoms with Gasteiger partial charge in [0.15, 0.2) is 12.1 Å². The van der Waals surface area contributed by atoms with Gasteiger partial charge in [-0.3, -0.25) is 0 Å². The van der Waals surface area contributed by atoms with Crippen molar-refractivity contribution in [2.75, 3.05) is 13.2 Å². The van der Waals surface area contributed by atoms with Crippen LogP contribution in [-0.2, 0) is 15.9 Å². The van der Waals surface area contributed by atoms with E-state index in [0.717, 1.165) is 38.0 Å². The van der Waals surface area contributed by atoms with Gasteiger partial charge in [0.1, 0.15) is 5.75 Å². The fraction of sp³-hybridized carbons (Fsp3) is 0.565. The lowest BCUT2D eigenvalue weighted by Crippen LogP contribution is -2.22. The number of phenolic OH excluding ortho intramolecular Hbond substituents is 1. The lowest BCUT2D eigenvalue weighted by atomic mass is 10.1. The minimum absolute atomic E-state index is 0.0522. The van der Waals surface area contributed by atoms with Gasteiger partial charge in [0.25, 0.3) is 0 Å². The molecule has 152 valence electrons. The molecule has 0 aliphatic carbocycles. The van der Waals surface area contributed by atoms with Crippen LogP contribution in [0.25, 0.3) is 11.4 Å². The Bertz CT molecular complexity index is 667. The van der Waals surface area contributed by atoms with Crippen molar-refractivity contribution in [3.8, 4) is 17.1 Å². The highest BCUT2D eigenvalue weighted by Crippen LogP contribution is 2.19. The number of rotatable bonds is 11. The quantitative estimate of drug-likeness (QED) is 0.534. The van der Waals surface area contributed by atoms with Crippen molar-refractivity contribution < 1.29 is 14.6 Å². The summed E-state index contributed by atoms with van der Waals surface area (Å²) in [7, 11) is 0. The van der Waals surface area contributed by atoms with E-state index in [1.54, 1.807) is 12.1 Å². The zero-order chi connectivity index (χ0) is 19.4. The van der Waals surface area contributed by atoms with Crippen LogP contribution in [0, 0.1) is 0 Å². The zero-order valence-electron chi connectivity index (χ0n) is 16.7. The Morgan fingerprint density at radius 3 is 2.36 bits per heavy atom. The SMILES string of the molecule is Oc1ccc(-c2ncc(CCCCCCCCOC3CCCCO3)cn2)cc1. The topological polar surface area (TPSA) is 64.5 Å². The molecule has 2 aromatic rings. The predicted molar refractivity (Wildman–Crippen MR) is 110 cm³/mol. The van der Waals surface area contributed by atoms with Crippen molar-refractivity contribution in [2.24, 2.45) is 0 Å². The number of nitrogens with zero attached hydrogens (tertiary/aromatic N) is 2. The van der Waals surface area contributed by atoms with Crippen molar-refractivity contribution in [2.45, 2.75) is 70.5 Å². The Labute approximate surface area is 168 Å². The molecule has 0 radical (unpaired) electrons. The van der Waals surface area contributed by atoms with Crippen LogP contribution in [0.5, 0.6) is 5.75 Å². The molecule has 1 aliphatic heterocycles. The molecule has 5 heteroatoms. The molecule has 1 N–H and O–H groups in total. The second kappa shape index (κ2) is 11.8. The van der Waals surface area contributed by atoms with Crippen LogP contribution in [-0.4, -0.2) is 34.6 Å². The van der Waals surface area contributed by atoms with Gasteiger partial charge < -0.3 is 14.6 Å². The Morgan fingerprint density at radius 2 is 1.64 bits per heavy atom. The largest absolute Gasteiger partial charge is 0.508 e. The number of hydrogen-bond acceptors (Lipinski definition) is 5. The standard InChI is InChI=1S/C23H32N2O3/c26-21-13-11-20(12-14-21)23-24-17-19(18-25-23)9-5-3-1-2-4-7-15-27-22-10-6-8-16-28-22/h11-14,17-18,22,26H,1-10,15-16H2. The average Bonchev–Trinajstić information content (AvgIpc) is 2.74. The Kier molecular flexibility index (Phi) is 8.72. The van der Waals surface area contributed by atoms with Crippen molar-refractivity contribution >= 4 is 0 Å². The maximum Gasteiger partial charge on any atom is 0.159 e. The maximum atomic E-state index is 9.35. The van der Waals surface area contributed by atoms with Crippen molar-refractivity contribution in [1.82, 2.24) is 9.97 Å². The van der Waals surface area contributed by atoms with Crippen LogP contribution in [0.4, 0.5) is 0 Å². The average molecular weight is 385 g/mol. The van der Waals surface area contributed by atoms with Crippen LogP contribution in [0.2, 0.25) is 0 Å². The summed E-state index contributed by atoms with van der Waals surface area (Å²) in [5, 5.41) is 9.35. The number of unbranched alkanes of at least 4 members (excludes halogenated alkanes) is 5. The summed E-state index contributed by atoms with van der Waals surface area (Å²) in [6.07, 6.45) is 15.7. The van der Waals surface area contributed by atoms with Crippen LogP contribution < -0.4 is 0 Å². The first kappa shape index (κ1) is 20.7. The summed E-state index contributed by atoms with van der Waals surface area (Å²) >= 11 is 0. The first-order valence-corrected chi connectivity index (χ1v) is 10.6. The molecule has 1 aromatic heterocycles. The molecule has 0 spiro atoms. The molecule has 0 amide bonds. The molecule has 5 nitrogen and oxygen atoms in total. The second-order valence-electron chi connectivity index (χ2n) is 7.50. The molecule has 28 heavy (non-hydrogen) atoms. The van der Waals surface area contributed by atoms with E-state index in [9.17, 15) is 5.11 Å². The van der Waals surface area contributed by atoms with Crippen LogP contribution in [0.15, 0.2) is 36.7 Å². The first-order chi connectivity index (χ1) is 13.8. The van der Waals surface area contributed by atoms with Gasteiger partial charge >= 0.3 is 0 Å². The molecular formula is C23H32N2O3. The third kappa shape index (κ3) is 7.21. The smallest absolute Gasteiger partial charge is 0.159 e. The lowest BCUT2D eigenvalue weighted by molar-refractivity contribution is -0.162. The highest BCUT2D eigenvalue weighted by molar-refractivity contribution is 5.55. The van der Waals surface area contributed by atoms with Crippen LogP contribution in [0.1, 0.15) is 63.4 Å². The summed E-state index contributed by atoms with van der Waals surface area (Å²) in [6, 6.07) is 6.97. The number of aryl methyl sites for hydroxylation is 1.